The number of hydrogen-bond acceptors (Lipinski definition) is 3. The van der Waals surface area contributed by atoms with E-state index >= 15 is 0 Å². The van der Waals surface area contributed by atoms with Gasteiger partial charge in [-0.1, -0.05) is 31.2 Å². The van der Waals surface area contributed by atoms with Gasteiger partial charge in [-0.3, -0.25) is 9.69 Å². The number of aryl methyl sites for hydroxylation is 2. The van der Waals surface area contributed by atoms with Gasteiger partial charge in [0, 0.05) is 25.2 Å². The first kappa shape index (κ1) is 18.7. The second kappa shape index (κ2) is 8.09. The van der Waals surface area contributed by atoms with Crippen LogP contribution in [0.25, 0.3) is 0 Å². The summed E-state index contributed by atoms with van der Waals surface area (Å²) in [4.78, 5) is 15.2. The van der Waals surface area contributed by atoms with E-state index in [0.29, 0.717) is 17.9 Å². The molecule has 1 atom stereocenters. The third-order valence-corrected chi connectivity index (χ3v) is 5.48. The van der Waals surface area contributed by atoms with E-state index < -0.39 is 0 Å². The van der Waals surface area contributed by atoms with E-state index in [-0.39, 0.29) is 5.91 Å². The zero-order valence-electron chi connectivity index (χ0n) is 16.4. The van der Waals surface area contributed by atoms with Crippen molar-refractivity contribution >= 4 is 5.91 Å². The van der Waals surface area contributed by atoms with Crippen molar-refractivity contribution in [2.75, 3.05) is 13.1 Å². The Morgan fingerprint density at radius 3 is 2.58 bits per heavy atom. The van der Waals surface area contributed by atoms with Gasteiger partial charge in [0.1, 0.15) is 11.5 Å². The smallest absolute Gasteiger partial charge is 0.255 e. The molecule has 4 nitrogen and oxygen atoms in total. The van der Waals surface area contributed by atoms with Crippen LogP contribution in [0, 0.1) is 26.7 Å². The van der Waals surface area contributed by atoms with Crippen molar-refractivity contribution in [2.45, 2.75) is 53.6 Å². The van der Waals surface area contributed by atoms with Crippen LogP contribution in [0.1, 0.15) is 58.3 Å². The van der Waals surface area contributed by atoms with E-state index in [4.69, 9.17) is 4.42 Å². The maximum atomic E-state index is 12.6. The third-order valence-electron chi connectivity index (χ3n) is 5.48. The van der Waals surface area contributed by atoms with Crippen LogP contribution in [0.3, 0.4) is 0 Å². The first-order valence-electron chi connectivity index (χ1n) is 9.59. The largest absolute Gasteiger partial charge is 0.466 e. The zero-order valence-corrected chi connectivity index (χ0v) is 16.4. The maximum Gasteiger partial charge on any atom is 0.255 e. The number of hydrogen-bond donors (Lipinski definition) is 1. The molecule has 0 unspecified atom stereocenters. The number of nitrogens with zero attached hydrogens (tertiary/aromatic N) is 1. The lowest BCUT2D eigenvalue weighted by Crippen LogP contribution is -2.34. The summed E-state index contributed by atoms with van der Waals surface area (Å²) in [6, 6.07) is 8.42. The molecule has 1 aliphatic rings. The summed E-state index contributed by atoms with van der Waals surface area (Å²) >= 11 is 0. The summed E-state index contributed by atoms with van der Waals surface area (Å²) in [5, 5.41) is 3.08. The van der Waals surface area contributed by atoms with Gasteiger partial charge in [0.05, 0.1) is 5.56 Å². The van der Waals surface area contributed by atoms with Gasteiger partial charge in [0.2, 0.25) is 0 Å². The molecule has 1 aromatic carbocycles. The SMILES string of the molecule is Cc1oc(C)c(C(=O)NCc2ccccc2CN2CCC[C@H](C)C2)c1C. The van der Waals surface area contributed by atoms with Crippen LogP contribution in [0.4, 0.5) is 0 Å². The third kappa shape index (κ3) is 4.18. The van der Waals surface area contributed by atoms with Crippen molar-refractivity contribution in [2.24, 2.45) is 5.92 Å². The number of nitrogens with one attached hydrogen (secondary N) is 1. The highest BCUT2D eigenvalue weighted by atomic mass is 16.3. The summed E-state index contributed by atoms with van der Waals surface area (Å²) in [6.45, 7) is 11.8. The Morgan fingerprint density at radius 1 is 1.19 bits per heavy atom. The summed E-state index contributed by atoms with van der Waals surface area (Å²) in [6.07, 6.45) is 2.61. The van der Waals surface area contributed by atoms with Crippen LogP contribution in [0.15, 0.2) is 28.7 Å². The Hall–Kier alpha value is -2.07. The van der Waals surface area contributed by atoms with Gasteiger partial charge in [0.15, 0.2) is 0 Å². The molecule has 0 spiro atoms. The molecule has 1 aliphatic heterocycles. The van der Waals surface area contributed by atoms with E-state index in [1.54, 1.807) is 0 Å². The molecule has 0 radical (unpaired) electrons. The van der Waals surface area contributed by atoms with Gasteiger partial charge in [-0.25, -0.2) is 0 Å². The number of piperidine rings is 1. The van der Waals surface area contributed by atoms with Gasteiger partial charge in [-0.05, 0) is 57.2 Å². The van der Waals surface area contributed by atoms with E-state index in [2.05, 4.69) is 35.3 Å². The first-order valence-corrected chi connectivity index (χ1v) is 9.59. The lowest BCUT2D eigenvalue weighted by molar-refractivity contribution is 0.0948. The molecule has 0 bridgehead atoms. The number of rotatable bonds is 5. The van der Waals surface area contributed by atoms with Gasteiger partial charge in [-0.2, -0.15) is 0 Å². The van der Waals surface area contributed by atoms with E-state index in [1.807, 2.05) is 26.8 Å². The van der Waals surface area contributed by atoms with E-state index in [1.165, 1.54) is 24.0 Å². The van der Waals surface area contributed by atoms with Crippen molar-refractivity contribution < 1.29 is 9.21 Å². The number of amides is 1. The second-order valence-electron chi connectivity index (χ2n) is 7.65. The minimum atomic E-state index is -0.0572. The average molecular weight is 354 g/mol. The lowest BCUT2D eigenvalue weighted by Gasteiger charge is -2.31. The van der Waals surface area contributed by atoms with E-state index in [9.17, 15) is 4.79 Å². The highest BCUT2D eigenvalue weighted by Gasteiger charge is 2.20. The fourth-order valence-corrected chi connectivity index (χ4v) is 3.95. The molecule has 1 amide bonds. The molecular weight excluding hydrogens is 324 g/mol. The molecule has 26 heavy (non-hydrogen) atoms. The van der Waals surface area contributed by atoms with Crippen molar-refractivity contribution in [3.05, 3.63) is 58.0 Å². The lowest BCUT2D eigenvalue weighted by atomic mass is 9.99. The fourth-order valence-electron chi connectivity index (χ4n) is 3.95. The Morgan fingerprint density at radius 2 is 1.92 bits per heavy atom. The van der Waals surface area contributed by atoms with Crippen molar-refractivity contribution in [3.8, 4) is 0 Å². The molecule has 1 aromatic heterocycles. The number of likely N-dealkylation sites (tertiary alicyclic amines) is 1. The number of benzene rings is 1. The highest BCUT2D eigenvalue weighted by Crippen LogP contribution is 2.22. The van der Waals surface area contributed by atoms with Crippen molar-refractivity contribution in [1.82, 2.24) is 10.2 Å². The Balaban J connectivity index is 1.67. The molecule has 1 N–H and O–H groups in total. The molecule has 4 heteroatoms. The minimum absolute atomic E-state index is 0.0572. The molecule has 1 saturated heterocycles. The normalized spacial score (nSPS) is 18.1. The molecule has 3 rings (SSSR count). The minimum Gasteiger partial charge on any atom is -0.466 e. The van der Waals surface area contributed by atoms with Crippen LogP contribution < -0.4 is 5.32 Å². The first-order chi connectivity index (χ1) is 12.5. The van der Waals surface area contributed by atoms with Crippen molar-refractivity contribution in [3.63, 3.8) is 0 Å². The summed E-state index contributed by atoms with van der Waals surface area (Å²) < 4.78 is 5.59. The van der Waals surface area contributed by atoms with Crippen molar-refractivity contribution in [1.29, 1.82) is 0 Å². The van der Waals surface area contributed by atoms with Crippen LogP contribution >= 0.6 is 0 Å². The monoisotopic (exact) mass is 354 g/mol. The number of furan rings is 1. The van der Waals surface area contributed by atoms with Crippen LogP contribution in [0.2, 0.25) is 0 Å². The topological polar surface area (TPSA) is 45.5 Å². The van der Waals surface area contributed by atoms with Gasteiger partial charge in [-0.15, -0.1) is 0 Å². The van der Waals surface area contributed by atoms with Crippen LogP contribution in [-0.2, 0) is 13.1 Å². The zero-order chi connectivity index (χ0) is 18.7. The molecule has 140 valence electrons. The molecule has 2 heterocycles. The van der Waals surface area contributed by atoms with Gasteiger partial charge < -0.3 is 9.73 Å². The molecule has 1 fully saturated rings. The highest BCUT2D eigenvalue weighted by molar-refractivity contribution is 5.96. The predicted octanol–water partition coefficient (Wildman–Crippen LogP) is 4.37. The van der Waals surface area contributed by atoms with Gasteiger partial charge >= 0.3 is 0 Å². The standard InChI is InChI=1S/C22H30N2O2/c1-15-8-7-11-24(13-15)14-20-10-6-5-9-19(20)12-23-22(25)21-16(2)17(3)26-18(21)4/h5-6,9-10,15H,7-8,11-14H2,1-4H3,(H,23,25)/t15-/m0/s1. The molecular formula is C22H30N2O2. The Kier molecular flexibility index (Phi) is 5.82. The second-order valence-corrected chi connectivity index (χ2v) is 7.65. The van der Waals surface area contributed by atoms with Gasteiger partial charge in [0.25, 0.3) is 5.91 Å². The molecule has 2 aromatic rings. The average Bonchev–Trinajstić information content (AvgIpc) is 2.86. The Bertz CT molecular complexity index is 778. The summed E-state index contributed by atoms with van der Waals surface area (Å²) in [5.41, 5.74) is 4.09. The summed E-state index contributed by atoms with van der Waals surface area (Å²) in [7, 11) is 0. The molecule has 0 saturated carbocycles. The van der Waals surface area contributed by atoms with E-state index in [0.717, 1.165) is 36.9 Å². The fraction of sp³-hybridized carbons (Fsp3) is 0.500. The number of carbonyl (C=O) groups is 1. The summed E-state index contributed by atoms with van der Waals surface area (Å²) in [5.74, 6) is 2.21. The predicted molar refractivity (Wildman–Crippen MR) is 104 cm³/mol. The molecule has 0 aliphatic carbocycles. The van der Waals surface area contributed by atoms with Crippen LogP contribution in [0.5, 0.6) is 0 Å². The van der Waals surface area contributed by atoms with Crippen LogP contribution in [-0.4, -0.2) is 23.9 Å². The quantitative estimate of drug-likeness (QED) is 0.867. The Labute approximate surface area is 156 Å². The number of carbonyl (C=O) groups excluding carboxylic acids is 1. The maximum absolute atomic E-state index is 12.6.